The molecule has 2 aromatic carbocycles. The summed E-state index contributed by atoms with van der Waals surface area (Å²) in [5, 5.41) is 0. The van der Waals surface area contributed by atoms with Gasteiger partial charge in [0.25, 0.3) is 0 Å². The number of hydrogen-bond donors (Lipinski definition) is 1. The van der Waals surface area contributed by atoms with E-state index < -0.39 is 17.5 Å². The van der Waals surface area contributed by atoms with Crippen molar-refractivity contribution in [3.05, 3.63) is 47.8 Å². The van der Waals surface area contributed by atoms with Gasteiger partial charge in [0.05, 0.1) is 23.8 Å². The van der Waals surface area contributed by atoms with E-state index in [2.05, 4.69) is 4.98 Å². The normalized spacial score (nSPS) is 11.0. The van der Waals surface area contributed by atoms with Crippen LogP contribution in [0.3, 0.4) is 0 Å². The van der Waals surface area contributed by atoms with Crippen molar-refractivity contribution in [3.63, 3.8) is 0 Å². The van der Waals surface area contributed by atoms with E-state index in [0.29, 0.717) is 22.8 Å². The summed E-state index contributed by atoms with van der Waals surface area (Å²) in [6, 6.07) is 6.09. The van der Waals surface area contributed by atoms with Crippen LogP contribution < -0.4 is 10.5 Å². The first kappa shape index (κ1) is 13.3. The zero-order chi connectivity index (χ0) is 15.1. The molecule has 108 valence electrons. The molecule has 0 saturated heterocycles. The van der Waals surface area contributed by atoms with E-state index in [1.807, 2.05) is 0 Å². The van der Waals surface area contributed by atoms with Crippen molar-refractivity contribution in [2.24, 2.45) is 0 Å². The highest BCUT2D eigenvalue weighted by molar-refractivity contribution is 5.82. The maximum Gasteiger partial charge on any atom is 0.206 e. The predicted octanol–water partition coefficient (Wildman–Crippen LogP) is 3.03. The van der Waals surface area contributed by atoms with Crippen LogP contribution >= 0.6 is 0 Å². The number of halogens is 3. The summed E-state index contributed by atoms with van der Waals surface area (Å²) in [6.07, 6.45) is 0. The van der Waals surface area contributed by atoms with Crippen LogP contribution in [0.5, 0.6) is 5.75 Å². The number of nitrogen functional groups attached to an aromatic ring is 1. The molecular formula is C14H10F3N3O. The lowest BCUT2D eigenvalue weighted by Gasteiger charge is -2.09. The van der Waals surface area contributed by atoms with Crippen molar-refractivity contribution in [1.29, 1.82) is 0 Å². The van der Waals surface area contributed by atoms with Crippen molar-refractivity contribution in [2.75, 3.05) is 12.8 Å². The molecule has 0 aliphatic rings. The Morgan fingerprint density at radius 2 is 1.76 bits per heavy atom. The Bertz CT molecular complexity index is 845. The first-order valence-electron chi connectivity index (χ1n) is 5.98. The van der Waals surface area contributed by atoms with Crippen LogP contribution in [-0.2, 0) is 0 Å². The molecule has 4 nitrogen and oxygen atoms in total. The highest BCUT2D eigenvalue weighted by Gasteiger charge is 2.17. The maximum absolute atomic E-state index is 13.9. The third-order valence-electron chi connectivity index (χ3n) is 3.12. The van der Waals surface area contributed by atoms with Crippen LogP contribution in [-0.4, -0.2) is 16.7 Å². The molecule has 1 heterocycles. The molecule has 0 aliphatic carbocycles. The molecule has 0 radical (unpaired) electrons. The van der Waals surface area contributed by atoms with E-state index in [0.717, 1.165) is 6.07 Å². The molecule has 3 aromatic rings. The number of benzene rings is 2. The lowest BCUT2D eigenvalue weighted by molar-refractivity contribution is 0.415. The Morgan fingerprint density at radius 1 is 1.05 bits per heavy atom. The van der Waals surface area contributed by atoms with Gasteiger partial charge >= 0.3 is 0 Å². The number of methoxy groups -OCH3 is 1. The monoisotopic (exact) mass is 293 g/mol. The van der Waals surface area contributed by atoms with Gasteiger partial charge in [0, 0.05) is 18.2 Å². The average molecular weight is 293 g/mol. The van der Waals surface area contributed by atoms with Crippen molar-refractivity contribution in [1.82, 2.24) is 9.55 Å². The SMILES string of the molecule is COc1ccc2nc(N)n(-c3cc(F)c(F)cc3F)c2c1. The van der Waals surface area contributed by atoms with Crippen LogP contribution in [0.1, 0.15) is 0 Å². The summed E-state index contributed by atoms with van der Waals surface area (Å²) in [5.74, 6) is -2.91. The molecule has 3 rings (SSSR count). The number of hydrogen-bond acceptors (Lipinski definition) is 3. The fourth-order valence-corrected chi connectivity index (χ4v) is 2.14. The topological polar surface area (TPSA) is 53.1 Å². The van der Waals surface area contributed by atoms with Gasteiger partial charge in [0.1, 0.15) is 11.6 Å². The first-order valence-corrected chi connectivity index (χ1v) is 5.98. The van der Waals surface area contributed by atoms with Crippen LogP contribution in [0.25, 0.3) is 16.7 Å². The quantitative estimate of drug-likeness (QED) is 0.739. The summed E-state index contributed by atoms with van der Waals surface area (Å²) in [6.45, 7) is 0. The second-order valence-electron chi connectivity index (χ2n) is 4.38. The molecule has 0 bridgehead atoms. The standard InChI is InChI=1S/C14H10F3N3O/c1-21-7-2-3-11-13(4-7)20(14(18)19-11)12-6-9(16)8(15)5-10(12)17/h2-6H,1H3,(H2,18,19). The summed E-state index contributed by atoms with van der Waals surface area (Å²) < 4.78 is 46.7. The zero-order valence-electron chi connectivity index (χ0n) is 10.9. The molecule has 7 heteroatoms. The Labute approximate surface area is 117 Å². The Kier molecular flexibility index (Phi) is 2.97. The number of nitrogens with zero attached hydrogens (tertiary/aromatic N) is 2. The van der Waals surface area contributed by atoms with Crippen LogP contribution in [0, 0.1) is 17.5 Å². The molecule has 21 heavy (non-hydrogen) atoms. The Morgan fingerprint density at radius 3 is 2.48 bits per heavy atom. The highest BCUT2D eigenvalue weighted by atomic mass is 19.2. The third kappa shape index (κ3) is 2.06. The minimum Gasteiger partial charge on any atom is -0.497 e. The fourth-order valence-electron chi connectivity index (χ4n) is 2.14. The van der Waals surface area contributed by atoms with Crippen LogP contribution in [0.2, 0.25) is 0 Å². The van der Waals surface area contributed by atoms with Gasteiger partial charge in [-0.15, -0.1) is 0 Å². The van der Waals surface area contributed by atoms with Gasteiger partial charge in [-0.25, -0.2) is 18.2 Å². The van der Waals surface area contributed by atoms with Gasteiger partial charge in [-0.05, 0) is 12.1 Å². The Hall–Kier alpha value is -2.70. The maximum atomic E-state index is 13.9. The fraction of sp³-hybridized carbons (Fsp3) is 0.0714. The van der Waals surface area contributed by atoms with E-state index in [-0.39, 0.29) is 11.6 Å². The second-order valence-corrected chi connectivity index (χ2v) is 4.38. The van der Waals surface area contributed by atoms with Gasteiger partial charge in [-0.1, -0.05) is 0 Å². The summed E-state index contributed by atoms with van der Waals surface area (Å²) in [7, 11) is 1.48. The minimum atomic E-state index is -1.27. The van der Waals surface area contributed by atoms with E-state index in [1.54, 1.807) is 18.2 Å². The summed E-state index contributed by atoms with van der Waals surface area (Å²) in [5.41, 5.74) is 6.45. The third-order valence-corrected chi connectivity index (χ3v) is 3.12. The zero-order valence-corrected chi connectivity index (χ0v) is 10.9. The predicted molar refractivity (Wildman–Crippen MR) is 71.9 cm³/mol. The molecular weight excluding hydrogens is 283 g/mol. The lowest BCUT2D eigenvalue weighted by atomic mass is 10.2. The van der Waals surface area contributed by atoms with E-state index in [4.69, 9.17) is 10.5 Å². The van der Waals surface area contributed by atoms with E-state index in [1.165, 1.54) is 11.7 Å². The number of anilines is 1. The van der Waals surface area contributed by atoms with Gasteiger partial charge in [-0.2, -0.15) is 0 Å². The van der Waals surface area contributed by atoms with Crippen LogP contribution in [0.15, 0.2) is 30.3 Å². The molecule has 0 amide bonds. The largest absolute Gasteiger partial charge is 0.497 e. The van der Waals surface area contributed by atoms with Gasteiger partial charge in [0.15, 0.2) is 11.6 Å². The molecule has 1 aromatic heterocycles. The lowest BCUT2D eigenvalue weighted by Crippen LogP contribution is -2.04. The van der Waals surface area contributed by atoms with Gasteiger partial charge < -0.3 is 10.5 Å². The smallest absolute Gasteiger partial charge is 0.206 e. The Balaban J connectivity index is 2.34. The van der Waals surface area contributed by atoms with Gasteiger partial charge in [-0.3, -0.25) is 4.57 Å². The van der Waals surface area contributed by atoms with Crippen molar-refractivity contribution < 1.29 is 17.9 Å². The molecule has 0 unspecified atom stereocenters. The minimum absolute atomic E-state index is 0.0387. The summed E-state index contributed by atoms with van der Waals surface area (Å²) >= 11 is 0. The number of nitrogens with two attached hydrogens (primary N) is 1. The number of fused-ring (bicyclic) bond motifs is 1. The number of imidazole rings is 1. The molecule has 0 saturated carbocycles. The van der Waals surface area contributed by atoms with Crippen LogP contribution in [0.4, 0.5) is 19.1 Å². The molecule has 0 spiro atoms. The van der Waals surface area contributed by atoms with Crippen molar-refractivity contribution in [2.45, 2.75) is 0 Å². The number of ether oxygens (including phenoxy) is 1. The average Bonchev–Trinajstić information content (AvgIpc) is 2.78. The first-order chi connectivity index (χ1) is 10.0. The van der Waals surface area contributed by atoms with Crippen molar-refractivity contribution >= 4 is 17.0 Å². The van der Waals surface area contributed by atoms with Crippen molar-refractivity contribution in [3.8, 4) is 11.4 Å². The number of aromatic nitrogens is 2. The summed E-state index contributed by atoms with van der Waals surface area (Å²) in [4.78, 5) is 4.06. The van der Waals surface area contributed by atoms with Gasteiger partial charge in [0.2, 0.25) is 5.95 Å². The second kappa shape index (κ2) is 4.69. The van der Waals surface area contributed by atoms with E-state index >= 15 is 0 Å². The van der Waals surface area contributed by atoms with E-state index in [9.17, 15) is 13.2 Å². The highest BCUT2D eigenvalue weighted by Crippen LogP contribution is 2.28. The molecule has 0 atom stereocenters. The number of rotatable bonds is 2. The molecule has 0 fully saturated rings. The molecule has 0 aliphatic heterocycles. The molecule has 2 N–H and O–H groups in total.